The standard InChI is InChI=1S/C16H18BrN3O3/c1-10(18)7-8-19-15(21)11-3-2-4-12(9-11)20-16(22)13-5-6-14(17)23-13/h2-6,9-10H,7-8,18H2,1H3,(H,19,21)(H,20,22). The SMILES string of the molecule is CC(N)CCNC(=O)c1cccc(NC(=O)c2ccc(Br)o2)c1. The summed E-state index contributed by atoms with van der Waals surface area (Å²) in [4.78, 5) is 24.1. The highest BCUT2D eigenvalue weighted by Crippen LogP contribution is 2.17. The van der Waals surface area contributed by atoms with E-state index in [1.807, 2.05) is 6.92 Å². The Morgan fingerprint density at radius 1 is 1.26 bits per heavy atom. The van der Waals surface area contributed by atoms with Crippen molar-refractivity contribution in [1.29, 1.82) is 0 Å². The van der Waals surface area contributed by atoms with E-state index in [9.17, 15) is 9.59 Å². The lowest BCUT2D eigenvalue weighted by atomic mass is 10.1. The minimum atomic E-state index is -0.384. The van der Waals surface area contributed by atoms with Crippen LogP contribution in [-0.4, -0.2) is 24.4 Å². The minimum absolute atomic E-state index is 0.0357. The van der Waals surface area contributed by atoms with E-state index in [2.05, 4.69) is 26.6 Å². The summed E-state index contributed by atoms with van der Waals surface area (Å²) in [5.41, 5.74) is 6.62. The van der Waals surface area contributed by atoms with Crippen LogP contribution in [0.1, 0.15) is 34.3 Å². The fourth-order valence-electron chi connectivity index (χ4n) is 1.88. The van der Waals surface area contributed by atoms with Gasteiger partial charge in [-0.25, -0.2) is 0 Å². The van der Waals surface area contributed by atoms with Crippen LogP contribution in [0.15, 0.2) is 45.5 Å². The first-order chi connectivity index (χ1) is 11.0. The average Bonchev–Trinajstić information content (AvgIpc) is 2.94. The molecule has 2 rings (SSSR count). The maximum Gasteiger partial charge on any atom is 0.291 e. The molecular formula is C16H18BrN3O3. The highest BCUT2D eigenvalue weighted by Gasteiger charge is 2.12. The number of carbonyl (C=O) groups excluding carboxylic acids is 2. The van der Waals surface area contributed by atoms with Gasteiger partial charge in [-0.05, 0) is 59.6 Å². The van der Waals surface area contributed by atoms with Crippen molar-refractivity contribution in [1.82, 2.24) is 5.32 Å². The van der Waals surface area contributed by atoms with Crippen LogP contribution in [0.25, 0.3) is 0 Å². The van der Waals surface area contributed by atoms with Crippen LogP contribution in [0, 0.1) is 0 Å². The molecule has 4 N–H and O–H groups in total. The first kappa shape index (κ1) is 17.2. The molecule has 0 saturated heterocycles. The van der Waals surface area contributed by atoms with Crippen LogP contribution in [-0.2, 0) is 0 Å². The lowest BCUT2D eigenvalue weighted by Gasteiger charge is -2.09. The Kier molecular flexibility index (Phi) is 5.95. The molecule has 0 aliphatic heterocycles. The first-order valence-electron chi connectivity index (χ1n) is 7.16. The van der Waals surface area contributed by atoms with Gasteiger partial charge in [0, 0.05) is 23.8 Å². The highest BCUT2D eigenvalue weighted by atomic mass is 79.9. The number of hydrogen-bond donors (Lipinski definition) is 3. The fourth-order valence-corrected chi connectivity index (χ4v) is 2.19. The predicted octanol–water partition coefficient (Wildman–Crippen LogP) is 2.76. The molecule has 1 aromatic carbocycles. The van der Waals surface area contributed by atoms with Gasteiger partial charge in [0.15, 0.2) is 10.4 Å². The molecule has 2 amide bonds. The van der Waals surface area contributed by atoms with Crippen LogP contribution >= 0.6 is 15.9 Å². The molecule has 1 aromatic heterocycles. The normalized spacial score (nSPS) is 11.8. The first-order valence-corrected chi connectivity index (χ1v) is 7.95. The second kappa shape index (κ2) is 7.94. The topological polar surface area (TPSA) is 97.4 Å². The van der Waals surface area contributed by atoms with Crippen molar-refractivity contribution < 1.29 is 14.0 Å². The van der Waals surface area contributed by atoms with Crippen LogP contribution in [0.4, 0.5) is 5.69 Å². The average molecular weight is 380 g/mol. The molecule has 122 valence electrons. The third-order valence-corrected chi connectivity index (χ3v) is 3.49. The Morgan fingerprint density at radius 3 is 2.70 bits per heavy atom. The van der Waals surface area contributed by atoms with Crippen LogP contribution in [0.2, 0.25) is 0 Å². The Bertz CT molecular complexity index is 697. The molecule has 0 aliphatic carbocycles. The molecule has 1 heterocycles. The van der Waals surface area contributed by atoms with E-state index in [1.165, 1.54) is 0 Å². The van der Waals surface area contributed by atoms with Crippen LogP contribution in [0.5, 0.6) is 0 Å². The molecule has 1 atom stereocenters. The Labute approximate surface area is 142 Å². The zero-order valence-corrected chi connectivity index (χ0v) is 14.2. The zero-order valence-electron chi connectivity index (χ0n) is 12.6. The number of anilines is 1. The summed E-state index contributed by atoms with van der Waals surface area (Å²) >= 11 is 3.14. The molecule has 1 unspecified atom stereocenters. The van der Waals surface area contributed by atoms with E-state index in [-0.39, 0.29) is 23.6 Å². The number of rotatable bonds is 6. The van der Waals surface area contributed by atoms with Crippen LogP contribution < -0.4 is 16.4 Å². The van der Waals surface area contributed by atoms with Crippen molar-refractivity contribution in [2.24, 2.45) is 5.73 Å². The van der Waals surface area contributed by atoms with E-state index in [4.69, 9.17) is 10.2 Å². The van der Waals surface area contributed by atoms with E-state index >= 15 is 0 Å². The number of hydrogen-bond acceptors (Lipinski definition) is 4. The third-order valence-electron chi connectivity index (χ3n) is 3.06. The van der Waals surface area contributed by atoms with E-state index < -0.39 is 0 Å². The number of carbonyl (C=O) groups is 2. The van der Waals surface area contributed by atoms with Gasteiger partial charge in [0.05, 0.1) is 0 Å². The number of furan rings is 1. The number of benzene rings is 1. The minimum Gasteiger partial charge on any atom is -0.444 e. The maximum absolute atomic E-state index is 12.0. The lowest BCUT2D eigenvalue weighted by Crippen LogP contribution is -2.29. The Balaban J connectivity index is 1.99. The molecule has 6 nitrogen and oxygen atoms in total. The molecule has 0 radical (unpaired) electrons. The molecule has 0 bridgehead atoms. The van der Waals surface area contributed by atoms with Gasteiger partial charge in [-0.1, -0.05) is 6.07 Å². The lowest BCUT2D eigenvalue weighted by molar-refractivity contribution is 0.0950. The van der Waals surface area contributed by atoms with Crippen LogP contribution in [0.3, 0.4) is 0 Å². The van der Waals surface area contributed by atoms with Crippen molar-refractivity contribution in [2.45, 2.75) is 19.4 Å². The second-order valence-electron chi connectivity index (χ2n) is 5.16. The van der Waals surface area contributed by atoms with Gasteiger partial charge < -0.3 is 20.8 Å². The Hall–Kier alpha value is -2.12. The number of nitrogens with one attached hydrogen (secondary N) is 2. The van der Waals surface area contributed by atoms with Gasteiger partial charge in [-0.3, -0.25) is 9.59 Å². The van der Waals surface area contributed by atoms with Crippen molar-refractivity contribution in [3.05, 3.63) is 52.4 Å². The summed E-state index contributed by atoms with van der Waals surface area (Å²) < 4.78 is 5.66. The fraction of sp³-hybridized carbons (Fsp3) is 0.250. The van der Waals surface area contributed by atoms with E-state index in [0.717, 1.165) is 0 Å². The molecule has 0 fully saturated rings. The highest BCUT2D eigenvalue weighted by molar-refractivity contribution is 9.10. The van der Waals surface area contributed by atoms with Crippen molar-refractivity contribution in [2.75, 3.05) is 11.9 Å². The van der Waals surface area contributed by atoms with Gasteiger partial charge in [0.25, 0.3) is 11.8 Å². The van der Waals surface area contributed by atoms with Gasteiger partial charge in [0.2, 0.25) is 0 Å². The van der Waals surface area contributed by atoms with E-state index in [1.54, 1.807) is 36.4 Å². The molecule has 2 aromatic rings. The van der Waals surface area contributed by atoms with Gasteiger partial charge in [-0.15, -0.1) is 0 Å². The van der Waals surface area contributed by atoms with Crippen molar-refractivity contribution in [3.8, 4) is 0 Å². The zero-order chi connectivity index (χ0) is 16.8. The summed E-state index contributed by atoms with van der Waals surface area (Å²) in [7, 11) is 0. The summed E-state index contributed by atoms with van der Waals surface area (Å²) in [6, 6.07) is 9.93. The summed E-state index contributed by atoms with van der Waals surface area (Å²) in [6.45, 7) is 2.39. The number of amides is 2. The number of halogens is 1. The molecule has 23 heavy (non-hydrogen) atoms. The largest absolute Gasteiger partial charge is 0.444 e. The van der Waals surface area contributed by atoms with Gasteiger partial charge in [0.1, 0.15) is 0 Å². The quantitative estimate of drug-likeness (QED) is 0.718. The smallest absolute Gasteiger partial charge is 0.291 e. The summed E-state index contributed by atoms with van der Waals surface area (Å²) in [5, 5.41) is 5.48. The molecule has 0 saturated carbocycles. The summed E-state index contributed by atoms with van der Waals surface area (Å²) in [5.74, 6) is -0.406. The monoisotopic (exact) mass is 379 g/mol. The van der Waals surface area contributed by atoms with Gasteiger partial charge >= 0.3 is 0 Å². The maximum atomic E-state index is 12.0. The second-order valence-corrected chi connectivity index (χ2v) is 5.94. The van der Waals surface area contributed by atoms with E-state index in [0.29, 0.717) is 28.9 Å². The van der Waals surface area contributed by atoms with Crippen molar-refractivity contribution in [3.63, 3.8) is 0 Å². The van der Waals surface area contributed by atoms with Crippen molar-refractivity contribution >= 4 is 33.4 Å². The number of nitrogens with two attached hydrogens (primary N) is 1. The molecule has 7 heteroatoms. The van der Waals surface area contributed by atoms with Gasteiger partial charge in [-0.2, -0.15) is 0 Å². The molecule has 0 spiro atoms. The predicted molar refractivity (Wildman–Crippen MR) is 91.4 cm³/mol. The third kappa shape index (κ3) is 5.22. The Morgan fingerprint density at radius 2 is 2.04 bits per heavy atom. The molecular weight excluding hydrogens is 362 g/mol. The summed E-state index contributed by atoms with van der Waals surface area (Å²) in [6.07, 6.45) is 0.704. The molecule has 0 aliphatic rings.